The van der Waals surface area contributed by atoms with Crippen molar-refractivity contribution in [2.24, 2.45) is 0 Å². The van der Waals surface area contributed by atoms with E-state index in [1.165, 1.54) is 23.5 Å². The molecule has 25 heavy (non-hydrogen) atoms. The molecule has 3 aromatic rings. The average Bonchev–Trinajstić information content (AvgIpc) is 3.32. The highest BCUT2D eigenvalue weighted by Crippen LogP contribution is 2.31. The van der Waals surface area contributed by atoms with Crippen LogP contribution in [0.25, 0.3) is 15.9 Å². The monoisotopic (exact) mass is 360 g/mol. The minimum Gasteiger partial charge on any atom is -0.459 e. The fourth-order valence-corrected chi connectivity index (χ4v) is 4.00. The summed E-state index contributed by atoms with van der Waals surface area (Å²) in [6, 6.07) is 7.91. The Hall–Kier alpha value is -2.25. The first-order valence-corrected chi connectivity index (χ1v) is 8.97. The predicted molar refractivity (Wildman–Crippen MR) is 92.9 cm³/mol. The molecule has 0 bridgehead atoms. The lowest BCUT2D eigenvalue weighted by molar-refractivity contribution is 0.0165. The third-order valence-electron chi connectivity index (χ3n) is 4.24. The SMILES string of the molecule is Cc1nn(-c2ccc(F)cc2)c2sc(C(=O)OC[C@@H]3CCCO3)cc12. The molecule has 0 unspecified atom stereocenters. The van der Waals surface area contributed by atoms with E-state index >= 15 is 0 Å². The third kappa shape index (κ3) is 3.17. The molecule has 5 nitrogen and oxygen atoms in total. The maximum Gasteiger partial charge on any atom is 0.348 e. The van der Waals surface area contributed by atoms with Crippen molar-refractivity contribution in [2.45, 2.75) is 25.9 Å². The van der Waals surface area contributed by atoms with Crippen molar-refractivity contribution in [3.8, 4) is 5.69 Å². The maximum absolute atomic E-state index is 13.1. The Bertz CT molecular complexity index is 910. The molecule has 4 rings (SSSR count). The van der Waals surface area contributed by atoms with Crippen LogP contribution in [-0.2, 0) is 9.47 Å². The number of rotatable bonds is 4. The summed E-state index contributed by atoms with van der Waals surface area (Å²) < 4.78 is 25.7. The molecule has 0 aliphatic carbocycles. The van der Waals surface area contributed by atoms with E-state index in [1.54, 1.807) is 22.9 Å². The zero-order chi connectivity index (χ0) is 17.4. The van der Waals surface area contributed by atoms with Gasteiger partial charge in [0.1, 0.15) is 22.1 Å². The second kappa shape index (κ2) is 6.57. The number of benzene rings is 1. The number of aromatic nitrogens is 2. The van der Waals surface area contributed by atoms with Gasteiger partial charge in [0.2, 0.25) is 0 Å². The minimum atomic E-state index is -0.346. The van der Waals surface area contributed by atoms with E-state index in [2.05, 4.69) is 5.10 Å². The van der Waals surface area contributed by atoms with Crippen molar-refractivity contribution in [3.05, 3.63) is 46.7 Å². The molecular weight excluding hydrogens is 343 g/mol. The Morgan fingerprint density at radius 2 is 2.24 bits per heavy atom. The Kier molecular flexibility index (Phi) is 4.27. The smallest absolute Gasteiger partial charge is 0.348 e. The Labute approximate surface area is 148 Å². The Morgan fingerprint density at radius 1 is 1.44 bits per heavy atom. The second-order valence-corrected chi connectivity index (χ2v) is 7.07. The molecule has 1 atom stereocenters. The van der Waals surface area contributed by atoms with E-state index in [1.807, 2.05) is 6.92 Å². The number of nitrogens with zero attached hydrogens (tertiary/aromatic N) is 2. The fourth-order valence-electron chi connectivity index (χ4n) is 2.92. The molecule has 3 heterocycles. The first-order valence-electron chi connectivity index (χ1n) is 8.15. The Morgan fingerprint density at radius 3 is 2.96 bits per heavy atom. The molecule has 1 fully saturated rings. The van der Waals surface area contributed by atoms with Crippen molar-refractivity contribution < 1.29 is 18.7 Å². The van der Waals surface area contributed by atoms with Gasteiger partial charge in [0, 0.05) is 12.0 Å². The molecule has 2 aromatic heterocycles. The number of carbonyl (C=O) groups excluding carboxylic acids is 1. The number of carbonyl (C=O) groups is 1. The van der Waals surface area contributed by atoms with Crippen LogP contribution >= 0.6 is 11.3 Å². The summed E-state index contributed by atoms with van der Waals surface area (Å²) in [5.41, 5.74) is 1.56. The van der Waals surface area contributed by atoms with E-state index in [0.717, 1.165) is 41.0 Å². The molecule has 1 aromatic carbocycles. The molecule has 0 saturated carbocycles. The zero-order valence-electron chi connectivity index (χ0n) is 13.7. The number of aryl methyl sites for hydroxylation is 1. The predicted octanol–water partition coefficient (Wildman–Crippen LogP) is 3.87. The van der Waals surface area contributed by atoms with Crippen LogP contribution in [0.5, 0.6) is 0 Å². The second-order valence-electron chi connectivity index (χ2n) is 6.04. The molecule has 0 radical (unpaired) electrons. The number of esters is 1. The van der Waals surface area contributed by atoms with Gasteiger partial charge in [-0.25, -0.2) is 13.9 Å². The highest BCUT2D eigenvalue weighted by Gasteiger charge is 2.21. The number of hydrogen-bond donors (Lipinski definition) is 0. The molecule has 0 N–H and O–H groups in total. The summed E-state index contributed by atoms with van der Waals surface area (Å²) in [4.78, 5) is 13.7. The number of hydrogen-bond acceptors (Lipinski definition) is 5. The van der Waals surface area contributed by atoms with Crippen LogP contribution in [0.15, 0.2) is 30.3 Å². The van der Waals surface area contributed by atoms with E-state index in [-0.39, 0.29) is 24.5 Å². The van der Waals surface area contributed by atoms with E-state index in [9.17, 15) is 9.18 Å². The van der Waals surface area contributed by atoms with Crippen LogP contribution in [0.4, 0.5) is 4.39 Å². The average molecular weight is 360 g/mol. The summed E-state index contributed by atoms with van der Waals surface area (Å²) in [7, 11) is 0. The summed E-state index contributed by atoms with van der Waals surface area (Å²) in [5.74, 6) is -0.643. The molecule has 0 amide bonds. The highest BCUT2D eigenvalue weighted by molar-refractivity contribution is 7.20. The third-order valence-corrected chi connectivity index (χ3v) is 5.33. The van der Waals surface area contributed by atoms with Crippen LogP contribution in [0.1, 0.15) is 28.2 Å². The standard InChI is InChI=1S/C18H17FN2O3S/c1-11-15-9-16(18(22)24-10-14-3-2-8-23-14)25-17(15)21(20-11)13-6-4-12(19)5-7-13/h4-7,9,14H,2-3,8,10H2,1H3/t14-/m0/s1. The van der Waals surface area contributed by atoms with Gasteiger partial charge >= 0.3 is 5.97 Å². The van der Waals surface area contributed by atoms with Crippen molar-refractivity contribution in [1.29, 1.82) is 0 Å². The number of ether oxygens (including phenoxy) is 2. The summed E-state index contributed by atoms with van der Waals surface area (Å²) in [5, 5.41) is 5.39. The van der Waals surface area contributed by atoms with Crippen molar-refractivity contribution in [2.75, 3.05) is 13.2 Å². The number of fused-ring (bicyclic) bond motifs is 1. The molecule has 1 aliphatic heterocycles. The van der Waals surface area contributed by atoms with Gasteiger partial charge in [0.05, 0.1) is 17.5 Å². The fraction of sp³-hybridized carbons (Fsp3) is 0.333. The largest absolute Gasteiger partial charge is 0.459 e. The maximum atomic E-state index is 13.1. The molecule has 130 valence electrons. The van der Waals surface area contributed by atoms with Gasteiger partial charge in [-0.2, -0.15) is 5.10 Å². The van der Waals surface area contributed by atoms with Crippen LogP contribution in [0.3, 0.4) is 0 Å². The first kappa shape index (κ1) is 16.2. The van der Waals surface area contributed by atoms with Gasteiger partial charge in [-0.1, -0.05) is 0 Å². The molecule has 7 heteroatoms. The molecular formula is C18H17FN2O3S. The van der Waals surface area contributed by atoms with Crippen molar-refractivity contribution >= 4 is 27.5 Å². The minimum absolute atomic E-state index is 0.00905. The van der Waals surface area contributed by atoms with E-state index in [0.29, 0.717) is 4.88 Å². The lowest BCUT2D eigenvalue weighted by atomic mass is 10.2. The lowest BCUT2D eigenvalue weighted by Gasteiger charge is -2.09. The Balaban J connectivity index is 1.60. The highest BCUT2D eigenvalue weighted by atomic mass is 32.1. The van der Waals surface area contributed by atoms with Gasteiger partial charge in [-0.3, -0.25) is 0 Å². The summed E-state index contributed by atoms with van der Waals surface area (Å²) in [6.07, 6.45) is 1.95. The zero-order valence-corrected chi connectivity index (χ0v) is 14.5. The van der Waals surface area contributed by atoms with E-state index in [4.69, 9.17) is 9.47 Å². The van der Waals surface area contributed by atoms with Crippen LogP contribution in [0, 0.1) is 12.7 Å². The van der Waals surface area contributed by atoms with Gasteiger partial charge in [0.15, 0.2) is 0 Å². The lowest BCUT2D eigenvalue weighted by Crippen LogP contribution is -2.17. The van der Waals surface area contributed by atoms with Gasteiger partial charge in [-0.05, 0) is 50.1 Å². The van der Waals surface area contributed by atoms with Gasteiger partial charge in [0.25, 0.3) is 0 Å². The normalized spacial score (nSPS) is 17.3. The van der Waals surface area contributed by atoms with E-state index < -0.39 is 0 Å². The summed E-state index contributed by atoms with van der Waals surface area (Å²) in [6.45, 7) is 2.91. The number of thiophene rings is 1. The van der Waals surface area contributed by atoms with Gasteiger partial charge < -0.3 is 9.47 Å². The molecule has 1 saturated heterocycles. The molecule has 0 spiro atoms. The van der Waals surface area contributed by atoms with Crippen LogP contribution in [0.2, 0.25) is 0 Å². The molecule has 1 aliphatic rings. The number of halogens is 1. The first-order chi connectivity index (χ1) is 12.1. The van der Waals surface area contributed by atoms with Crippen LogP contribution in [-0.4, -0.2) is 35.1 Å². The van der Waals surface area contributed by atoms with Crippen molar-refractivity contribution in [3.63, 3.8) is 0 Å². The van der Waals surface area contributed by atoms with Crippen LogP contribution < -0.4 is 0 Å². The van der Waals surface area contributed by atoms with Crippen molar-refractivity contribution in [1.82, 2.24) is 9.78 Å². The van der Waals surface area contributed by atoms with Gasteiger partial charge in [-0.15, -0.1) is 11.3 Å². The summed E-state index contributed by atoms with van der Waals surface area (Å²) >= 11 is 1.33. The quantitative estimate of drug-likeness (QED) is 0.663. The topological polar surface area (TPSA) is 53.4 Å².